The van der Waals surface area contributed by atoms with E-state index in [1.54, 1.807) is 0 Å². The highest BCUT2D eigenvalue weighted by molar-refractivity contribution is 5.74. The van der Waals surface area contributed by atoms with Crippen LogP contribution in [0, 0.1) is 0 Å². The van der Waals surface area contributed by atoms with E-state index in [2.05, 4.69) is 74.5 Å². The van der Waals surface area contributed by atoms with Crippen LogP contribution in [0.1, 0.15) is 53.5 Å². The molecule has 0 nitrogen and oxygen atoms in total. The zero-order valence-corrected chi connectivity index (χ0v) is 11.9. The summed E-state index contributed by atoms with van der Waals surface area (Å²) >= 11 is 0. The Morgan fingerprint density at radius 2 is 1.60 bits per heavy atom. The van der Waals surface area contributed by atoms with Gasteiger partial charge in [-0.05, 0) is 40.7 Å². The molecule has 2 aliphatic carbocycles. The lowest BCUT2D eigenvalue weighted by molar-refractivity contribution is 0.946. The zero-order valence-electron chi connectivity index (χ0n) is 11.9. The quantitative estimate of drug-likeness (QED) is 0.645. The molecule has 0 aromatic heterocycles. The summed E-state index contributed by atoms with van der Waals surface area (Å²) < 4.78 is 0. The summed E-state index contributed by atoms with van der Waals surface area (Å²) in [7, 11) is 0. The third-order valence-corrected chi connectivity index (χ3v) is 4.67. The van der Waals surface area contributed by atoms with E-state index in [0.29, 0.717) is 11.8 Å². The van der Waals surface area contributed by atoms with Crippen molar-refractivity contribution in [1.29, 1.82) is 0 Å². The Hall–Kier alpha value is -2.08. The SMILES string of the molecule is CC1=Cc2ccccc2[C@@H]1c1cccc2c1C=CC2C. The van der Waals surface area contributed by atoms with E-state index in [0.717, 1.165) is 0 Å². The van der Waals surface area contributed by atoms with Gasteiger partial charge in [0.2, 0.25) is 0 Å². The first-order chi connectivity index (χ1) is 9.75. The van der Waals surface area contributed by atoms with Crippen molar-refractivity contribution >= 4 is 12.2 Å². The summed E-state index contributed by atoms with van der Waals surface area (Å²) in [6, 6.07) is 15.6. The molecule has 2 aromatic rings. The fourth-order valence-corrected chi connectivity index (χ4v) is 3.68. The van der Waals surface area contributed by atoms with Gasteiger partial charge in [-0.15, -0.1) is 0 Å². The fourth-order valence-electron chi connectivity index (χ4n) is 3.68. The average Bonchev–Trinajstić information content (AvgIpc) is 2.99. The van der Waals surface area contributed by atoms with Gasteiger partial charge in [-0.3, -0.25) is 0 Å². The molecule has 20 heavy (non-hydrogen) atoms. The summed E-state index contributed by atoms with van der Waals surface area (Å²) in [4.78, 5) is 0. The van der Waals surface area contributed by atoms with Crippen molar-refractivity contribution in [3.8, 4) is 0 Å². The van der Waals surface area contributed by atoms with Crippen molar-refractivity contribution in [2.45, 2.75) is 25.7 Å². The van der Waals surface area contributed by atoms with Crippen molar-refractivity contribution in [1.82, 2.24) is 0 Å². The van der Waals surface area contributed by atoms with E-state index < -0.39 is 0 Å². The first kappa shape index (κ1) is 11.7. The lowest BCUT2D eigenvalue weighted by Gasteiger charge is -2.19. The molecule has 0 saturated carbocycles. The molecule has 0 radical (unpaired) electrons. The van der Waals surface area contributed by atoms with Crippen LogP contribution >= 0.6 is 0 Å². The van der Waals surface area contributed by atoms with Crippen LogP contribution in [0.25, 0.3) is 12.2 Å². The topological polar surface area (TPSA) is 0 Å². The van der Waals surface area contributed by atoms with E-state index >= 15 is 0 Å². The summed E-state index contributed by atoms with van der Waals surface area (Å²) in [6.07, 6.45) is 6.96. The van der Waals surface area contributed by atoms with Gasteiger partial charge in [-0.1, -0.05) is 73.2 Å². The van der Waals surface area contributed by atoms with Crippen molar-refractivity contribution in [3.63, 3.8) is 0 Å². The van der Waals surface area contributed by atoms with Gasteiger partial charge in [0.25, 0.3) is 0 Å². The molecular weight excluding hydrogens is 240 g/mol. The maximum atomic E-state index is 2.33. The van der Waals surface area contributed by atoms with Crippen LogP contribution in [-0.2, 0) is 0 Å². The average molecular weight is 258 g/mol. The Bertz CT molecular complexity index is 746. The second-order valence-corrected chi connectivity index (χ2v) is 5.95. The molecule has 0 spiro atoms. The monoisotopic (exact) mass is 258 g/mol. The molecule has 0 heterocycles. The maximum Gasteiger partial charge on any atom is 0.0311 e. The first-order valence-corrected chi connectivity index (χ1v) is 7.34. The lowest BCUT2D eigenvalue weighted by Crippen LogP contribution is -2.03. The predicted molar refractivity (Wildman–Crippen MR) is 85.8 cm³/mol. The van der Waals surface area contributed by atoms with Crippen LogP contribution in [0.5, 0.6) is 0 Å². The molecular formula is C20H18. The second-order valence-electron chi connectivity index (χ2n) is 5.95. The number of fused-ring (bicyclic) bond motifs is 2. The summed E-state index contributed by atoms with van der Waals surface area (Å²) in [5.41, 5.74) is 8.65. The molecule has 98 valence electrons. The Morgan fingerprint density at radius 1 is 0.850 bits per heavy atom. The highest BCUT2D eigenvalue weighted by atomic mass is 14.3. The zero-order chi connectivity index (χ0) is 13.7. The van der Waals surface area contributed by atoms with Crippen LogP contribution in [0.15, 0.2) is 54.1 Å². The minimum absolute atomic E-state index is 0.427. The first-order valence-electron chi connectivity index (χ1n) is 7.34. The largest absolute Gasteiger partial charge is 0.0766 e. The highest BCUT2D eigenvalue weighted by Crippen LogP contribution is 2.44. The third kappa shape index (κ3) is 1.54. The van der Waals surface area contributed by atoms with E-state index in [4.69, 9.17) is 0 Å². The number of hydrogen-bond acceptors (Lipinski definition) is 0. The number of rotatable bonds is 1. The molecule has 0 bridgehead atoms. The molecule has 2 atom stereocenters. The van der Waals surface area contributed by atoms with Gasteiger partial charge in [0.05, 0.1) is 0 Å². The Morgan fingerprint density at radius 3 is 2.50 bits per heavy atom. The van der Waals surface area contributed by atoms with Gasteiger partial charge in [-0.2, -0.15) is 0 Å². The third-order valence-electron chi connectivity index (χ3n) is 4.67. The van der Waals surface area contributed by atoms with Gasteiger partial charge >= 0.3 is 0 Å². The fraction of sp³-hybridized carbons (Fsp3) is 0.200. The predicted octanol–water partition coefficient (Wildman–Crippen LogP) is 5.37. The summed E-state index contributed by atoms with van der Waals surface area (Å²) in [5, 5.41) is 0. The minimum atomic E-state index is 0.427. The Labute approximate surface area is 120 Å². The van der Waals surface area contributed by atoms with E-state index in [-0.39, 0.29) is 0 Å². The van der Waals surface area contributed by atoms with Crippen LogP contribution in [0.3, 0.4) is 0 Å². The number of hydrogen-bond donors (Lipinski definition) is 0. The molecule has 1 unspecified atom stereocenters. The number of allylic oxidation sites excluding steroid dienone is 2. The van der Waals surface area contributed by atoms with Gasteiger partial charge < -0.3 is 0 Å². The molecule has 0 N–H and O–H groups in total. The number of benzene rings is 2. The molecule has 4 rings (SSSR count). The standard InChI is InChI=1S/C20H18/c1-13-10-11-18-16(13)8-5-9-19(18)20-14(2)12-15-6-3-4-7-17(15)20/h3-13,20H,1-2H3/t13?,20-/m1/s1. The van der Waals surface area contributed by atoms with Gasteiger partial charge in [-0.25, -0.2) is 0 Å². The van der Waals surface area contributed by atoms with Gasteiger partial charge in [0, 0.05) is 5.92 Å². The van der Waals surface area contributed by atoms with Gasteiger partial charge in [0.15, 0.2) is 0 Å². The molecule has 0 amide bonds. The smallest absolute Gasteiger partial charge is 0.0311 e. The maximum absolute atomic E-state index is 2.33. The summed E-state index contributed by atoms with van der Waals surface area (Å²) in [6.45, 7) is 4.53. The van der Waals surface area contributed by atoms with E-state index in [1.165, 1.54) is 33.4 Å². The molecule has 2 aromatic carbocycles. The minimum Gasteiger partial charge on any atom is -0.0766 e. The van der Waals surface area contributed by atoms with Crippen LogP contribution in [-0.4, -0.2) is 0 Å². The van der Waals surface area contributed by atoms with E-state index in [9.17, 15) is 0 Å². The van der Waals surface area contributed by atoms with Crippen molar-refractivity contribution < 1.29 is 0 Å². The van der Waals surface area contributed by atoms with Crippen LogP contribution in [0.4, 0.5) is 0 Å². The summed E-state index contributed by atoms with van der Waals surface area (Å²) in [5.74, 6) is 0.974. The van der Waals surface area contributed by atoms with Crippen LogP contribution in [0.2, 0.25) is 0 Å². The molecule has 2 aliphatic rings. The van der Waals surface area contributed by atoms with Gasteiger partial charge in [0.1, 0.15) is 0 Å². The van der Waals surface area contributed by atoms with E-state index in [1.807, 2.05) is 0 Å². The molecule has 0 aliphatic heterocycles. The van der Waals surface area contributed by atoms with Crippen LogP contribution < -0.4 is 0 Å². The van der Waals surface area contributed by atoms with Crippen molar-refractivity contribution in [2.24, 2.45) is 0 Å². The molecule has 0 saturated heterocycles. The Balaban J connectivity index is 1.92. The van der Waals surface area contributed by atoms with Crippen molar-refractivity contribution in [3.05, 3.63) is 81.9 Å². The highest BCUT2D eigenvalue weighted by Gasteiger charge is 2.27. The second kappa shape index (κ2) is 4.21. The normalized spacial score (nSPS) is 22.6. The molecule has 0 fully saturated rings. The molecule has 0 heteroatoms. The van der Waals surface area contributed by atoms with Crippen molar-refractivity contribution in [2.75, 3.05) is 0 Å². The Kier molecular flexibility index (Phi) is 2.47. The lowest BCUT2D eigenvalue weighted by atomic mass is 9.84.